The summed E-state index contributed by atoms with van der Waals surface area (Å²) < 4.78 is 2.43. The van der Waals surface area contributed by atoms with E-state index >= 15 is 0 Å². The Morgan fingerprint density at radius 2 is 1.64 bits per heavy atom. The van der Waals surface area contributed by atoms with E-state index in [1.165, 1.54) is 50.0 Å². The molecule has 302 valence electrons. The number of hydrogen-bond acceptors (Lipinski definition) is 1. The van der Waals surface area contributed by atoms with Crippen LogP contribution in [0, 0.1) is 12.3 Å². The van der Waals surface area contributed by atoms with E-state index in [0.717, 1.165) is 54.6 Å². The molecule has 3 aliphatic rings. The molecule has 0 amide bonds. The summed E-state index contributed by atoms with van der Waals surface area (Å²) in [5, 5.41) is 1.23. The highest BCUT2D eigenvalue weighted by atomic mass is 15.1. The third-order valence-electron chi connectivity index (χ3n) is 12.5. The van der Waals surface area contributed by atoms with Gasteiger partial charge in [0.25, 0.3) is 0 Å². The van der Waals surface area contributed by atoms with E-state index in [1.54, 1.807) is 0 Å². The van der Waals surface area contributed by atoms with Crippen molar-refractivity contribution in [2.24, 2.45) is 5.41 Å². The Kier molecular flexibility index (Phi) is 13.6. The summed E-state index contributed by atoms with van der Waals surface area (Å²) in [5.74, 6) is 0. The van der Waals surface area contributed by atoms with Crippen molar-refractivity contribution in [3.8, 4) is 0 Å². The van der Waals surface area contributed by atoms with Crippen LogP contribution in [0.4, 0.5) is 5.69 Å². The van der Waals surface area contributed by atoms with Crippen molar-refractivity contribution in [2.45, 2.75) is 85.1 Å². The number of nitrogens with zero attached hydrogens (tertiary/aromatic N) is 2. The van der Waals surface area contributed by atoms with E-state index < -0.39 is 0 Å². The quantitative estimate of drug-likeness (QED) is 0.124. The van der Waals surface area contributed by atoms with Gasteiger partial charge in [-0.05, 0) is 110 Å². The second kappa shape index (κ2) is 18.8. The fraction of sp³-hybridized carbons (Fsp3) is 0.263. The Labute approximate surface area is 355 Å². The van der Waals surface area contributed by atoms with Crippen LogP contribution in [0.25, 0.3) is 23.1 Å². The monoisotopic (exact) mass is 777 g/mol. The predicted molar refractivity (Wildman–Crippen MR) is 261 cm³/mol. The van der Waals surface area contributed by atoms with Gasteiger partial charge in [-0.15, -0.1) is 0 Å². The van der Waals surface area contributed by atoms with Gasteiger partial charge in [0, 0.05) is 51.4 Å². The van der Waals surface area contributed by atoms with Crippen LogP contribution in [0.1, 0.15) is 95.1 Å². The Morgan fingerprint density at radius 1 is 0.864 bits per heavy atom. The highest BCUT2D eigenvalue weighted by molar-refractivity contribution is 5.94. The largest absolute Gasteiger partial charge is 0.344 e. The summed E-state index contributed by atoms with van der Waals surface area (Å²) in [6.07, 6.45) is 47.4. The molecule has 1 unspecified atom stereocenters. The lowest BCUT2D eigenvalue weighted by Crippen LogP contribution is -2.22. The van der Waals surface area contributed by atoms with Crippen molar-refractivity contribution in [3.05, 3.63) is 221 Å². The zero-order valence-corrected chi connectivity index (χ0v) is 36.6. The molecule has 2 aromatic carbocycles. The van der Waals surface area contributed by atoms with E-state index in [9.17, 15) is 0 Å². The van der Waals surface area contributed by atoms with Crippen LogP contribution in [0.5, 0.6) is 0 Å². The van der Waals surface area contributed by atoms with Crippen LogP contribution in [0.2, 0.25) is 0 Å². The predicted octanol–water partition coefficient (Wildman–Crippen LogP) is 15.7. The van der Waals surface area contributed by atoms with Crippen molar-refractivity contribution < 1.29 is 0 Å². The number of aryl methyl sites for hydroxylation is 1. The van der Waals surface area contributed by atoms with E-state index in [-0.39, 0.29) is 16.9 Å². The van der Waals surface area contributed by atoms with Gasteiger partial charge in [0.15, 0.2) is 0 Å². The fourth-order valence-electron chi connectivity index (χ4n) is 9.03. The second-order valence-electron chi connectivity index (χ2n) is 16.9. The van der Waals surface area contributed by atoms with Gasteiger partial charge in [0.05, 0.1) is 6.04 Å². The van der Waals surface area contributed by atoms with Crippen LogP contribution in [0.3, 0.4) is 0 Å². The Balaban J connectivity index is 1.15. The van der Waals surface area contributed by atoms with Gasteiger partial charge in [0.1, 0.15) is 0 Å². The number of fused-ring (bicyclic) bond motifs is 1. The summed E-state index contributed by atoms with van der Waals surface area (Å²) in [6, 6.07) is 15.7. The summed E-state index contributed by atoms with van der Waals surface area (Å²) in [7, 11) is 2.14. The number of anilines is 1. The van der Waals surface area contributed by atoms with Crippen molar-refractivity contribution in [1.29, 1.82) is 0 Å². The maximum Gasteiger partial charge on any atom is 0.0560 e. The second-order valence-corrected chi connectivity index (χ2v) is 16.9. The minimum Gasteiger partial charge on any atom is -0.344 e. The molecule has 0 bridgehead atoms. The first-order chi connectivity index (χ1) is 28.5. The summed E-state index contributed by atoms with van der Waals surface area (Å²) in [5.41, 5.74) is 14.7. The van der Waals surface area contributed by atoms with Gasteiger partial charge in [-0.2, -0.15) is 0 Å². The number of para-hydroxylation sites is 1. The SMILES string of the molecule is C=CC1=C(N(C)c2ccc(C(C)(C)C(/C=C\C)=C/C=C/C3=C/CC/C=C(/C(C)(C)C4=CCC(n5c(C=C)c(C=C)c6ccccc65)C=C4)C/C=C\3)c(C)c2)C=CCC=C1. The topological polar surface area (TPSA) is 8.17 Å². The van der Waals surface area contributed by atoms with Crippen LogP contribution < -0.4 is 4.90 Å². The molecular formula is C57H64N2. The van der Waals surface area contributed by atoms with Crippen molar-refractivity contribution in [1.82, 2.24) is 4.57 Å². The average Bonchev–Trinajstić information content (AvgIpc) is 3.45. The highest BCUT2D eigenvalue weighted by Crippen LogP contribution is 2.43. The first-order valence-electron chi connectivity index (χ1n) is 21.3. The Hall–Kier alpha value is -5.86. The molecule has 0 saturated carbocycles. The molecule has 6 rings (SSSR count). The number of benzene rings is 2. The van der Waals surface area contributed by atoms with Gasteiger partial charge in [-0.3, -0.25) is 0 Å². The zero-order chi connectivity index (χ0) is 42.2. The van der Waals surface area contributed by atoms with Crippen molar-refractivity contribution in [2.75, 3.05) is 11.9 Å². The van der Waals surface area contributed by atoms with Gasteiger partial charge < -0.3 is 9.47 Å². The van der Waals surface area contributed by atoms with E-state index in [0.29, 0.717) is 0 Å². The first kappa shape index (κ1) is 42.7. The lowest BCUT2D eigenvalue weighted by molar-refractivity contribution is 0.520. The van der Waals surface area contributed by atoms with E-state index in [1.807, 2.05) is 18.2 Å². The molecule has 2 nitrogen and oxygen atoms in total. The van der Waals surface area contributed by atoms with Crippen molar-refractivity contribution >= 4 is 28.7 Å². The maximum atomic E-state index is 4.17. The first-order valence-corrected chi connectivity index (χ1v) is 21.3. The maximum absolute atomic E-state index is 4.17. The number of aromatic nitrogens is 1. The third-order valence-corrected chi connectivity index (χ3v) is 12.5. The fourth-order valence-corrected chi connectivity index (χ4v) is 9.03. The molecule has 59 heavy (non-hydrogen) atoms. The molecule has 1 heterocycles. The molecular weight excluding hydrogens is 713 g/mol. The van der Waals surface area contributed by atoms with Crippen LogP contribution >= 0.6 is 0 Å². The van der Waals surface area contributed by atoms with Crippen LogP contribution in [0.15, 0.2) is 199 Å². The zero-order valence-electron chi connectivity index (χ0n) is 36.6. The minimum absolute atomic E-state index is 0.0740. The Morgan fingerprint density at radius 3 is 2.36 bits per heavy atom. The smallest absolute Gasteiger partial charge is 0.0560 e. The van der Waals surface area contributed by atoms with Crippen LogP contribution in [-0.4, -0.2) is 11.6 Å². The molecule has 3 aromatic rings. The molecule has 0 saturated heterocycles. The van der Waals surface area contributed by atoms with Gasteiger partial charge in [-0.25, -0.2) is 0 Å². The molecule has 0 N–H and O–H groups in total. The molecule has 1 aromatic heterocycles. The van der Waals surface area contributed by atoms with Gasteiger partial charge in [-0.1, -0.05) is 181 Å². The molecule has 3 aliphatic carbocycles. The van der Waals surface area contributed by atoms with E-state index in [2.05, 4.69) is 217 Å². The summed E-state index contributed by atoms with van der Waals surface area (Å²) in [6.45, 7) is 26.1. The van der Waals surface area contributed by atoms with Gasteiger partial charge in [0.2, 0.25) is 0 Å². The molecule has 0 spiro atoms. The van der Waals surface area contributed by atoms with Crippen LogP contribution in [-0.2, 0) is 5.41 Å². The third kappa shape index (κ3) is 9.08. The standard InChI is InChI=1S/C57H64N2/c1-11-24-45(57(8,9)52-40-39-49(41-42(52)5)58(10)54-33-17-15-16-28-44(54)12-2)30-22-26-43-25-18-19-29-46(31-23-27-43)56(6,7)47-35-37-48(38-36-47)59-53(14-4)50(13-3)51-32-20-21-34-55(51)59/h11-14,16-17,20-30,32-37,39-41,48H,2-4,15,18-19,31,38H2,1,5-10H3/b24-11-,26-22+,27-23-,43-25-,45-30+,46-29+. The summed E-state index contributed by atoms with van der Waals surface area (Å²) >= 11 is 0. The molecule has 2 heteroatoms. The lowest BCUT2D eigenvalue weighted by atomic mass is 9.73. The lowest BCUT2D eigenvalue weighted by Gasteiger charge is -2.33. The minimum atomic E-state index is -0.192. The normalized spacial score (nSPS) is 20.4. The average molecular weight is 777 g/mol. The molecule has 1 atom stereocenters. The number of likely N-dealkylation sites (N-methyl/N-ethyl adjacent to an activating group) is 1. The highest BCUT2D eigenvalue weighted by Gasteiger charge is 2.29. The number of rotatable bonds is 13. The van der Waals surface area contributed by atoms with Crippen molar-refractivity contribution in [3.63, 3.8) is 0 Å². The number of allylic oxidation sites excluding steroid dienone is 22. The summed E-state index contributed by atoms with van der Waals surface area (Å²) in [4.78, 5) is 2.26. The molecule has 0 radical (unpaired) electrons. The van der Waals surface area contributed by atoms with E-state index in [4.69, 9.17) is 0 Å². The molecule has 0 fully saturated rings. The van der Waals surface area contributed by atoms with Gasteiger partial charge >= 0.3 is 0 Å². The molecule has 0 aliphatic heterocycles. The number of hydrogen-bond donors (Lipinski definition) is 0. The Bertz CT molecular complexity index is 2440.